The van der Waals surface area contributed by atoms with Crippen LogP contribution in [0.2, 0.25) is 0 Å². The molecule has 0 aliphatic carbocycles. The summed E-state index contributed by atoms with van der Waals surface area (Å²) in [5.41, 5.74) is 2.18. The van der Waals surface area contributed by atoms with Crippen LogP contribution in [0.1, 0.15) is 17.1 Å². The normalized spacial score (nSPS) is 11.3. The van der Waals surface area contributed by atoms with E-state index in [1.165, 1.54) is 4.88 Å². The maximum Gasteiger partial charge on any atom is 0.153 e. The Kier molecular flexibility index (Phi) is 5.45. The Hall–Kier alpha value is -1.67. The molecule has 0 fully saturated rings. The molecule has 0 radical (unpaired) electrons. The summed E-state index contributed by atoms with van der Waals surface area (Å²) < 4.78 is 5.02. The highest BCUT2D eigenvalue weighted by molar-refractivity contribution is 7.20. The summed E-state index contributed by atoms with van der Waals surface area (Å²) in [6.45, 7) is 2.04. The molecule has 0 aliphatic heterocycles. The van der Waals surface area contributed by atoms with Gasteiger partial charge in [0.25, 0.3) is 0 Å². The summed E-state index contributed by atoms with van der Waals surface area (Å²) >= 11 is 3.42. The van der Waals surface area contributed by atoms with Crippen molar-refractivity contribution in [2.75, 3.05) is 14.2 Å². The van der Waals surface area contributed by atoms with Gasteiger partial charge < -0.3 is 4.74 Å². The lowest BCUT2D eigenvalue weighted by Gasteiger charge is -2.14. The zero-order valence-electron chi connectivity index (χ0n) is 13.1. The van der Waals surface area contributed by atoms with Crippen molar-refractivity contribution in [1.29, 1.82) is 0 Å². The van der Waals surface area contributed by atoms with Gasteiger partial charge in [0.15, 0.2) is 5.82 Å². The van der Waals surface area contributed by atoms with Gasteiger partial charge in [-0.3, -0.25) is 4.90 Å². The largest absolute Gasteiger partial charge is 0.377 e. The van der Waals surface area contributed by atoms with E-state index >= 15 is 0 Å². The second kappa shape index (κ2) is 7.74. The number of hydrogen-bond acceptors (Lipinski definition) is 7. The second-order valence-electron chi connectivity index (χ2n) is 5.23. The average Bonchev–Trinajstić information content (AvgIpc) is 3.20. The van der Waals surface area contributed by atoms with Gasteiger partial charge in [-0.25, -0.2) is 15.0 Å². The SMILES string of the molecule is COCc1ncc(CN(C)Cc2csc(-c3cccs3)n2)cn1. The van der Waals surface area contributed by atoms with Crippen LogP contribution in [-0.2, 0) is 24.4 Å². The monoisotopic (exact) mass is 346 g/mol. The van der Waals surface area contributed by atoms with E-state index in [-0.39, 0.29) is 0 Å². The van der Waals surface area contributed by atoms with Gasteiger partial charge in [0.2, 0.25) is 0 Å². The molecule has 7 heteroatoms. The van der Waals surface area contributed by atoms with E-state index in [0.29, 0.717) is 12.4 Å². The van der Waals surface area contributed by atoms with Crippen LogP contribution in [0.4, 0.5) is 0 Å². The molecule has 0 amide bonds. The number of nitrogens with zero attached hydrogens (tertiary/aromatic N) is 4. The van der Waals surface area contributed by atoms with Crippen molar-refractivity contribution in [3.63, 3.8) is 0 Å². The minimum absolute atomic E-state index is 0.445. The Bertz CT molecular complexity index is 725. The van der Waals surface area contributed by atoms with E-state index in [2.05, 4.69) is 44.8 Å². The first kappa shape index (κ1) is 16.2. The van der Waals surface area contributed by atoms with Crippen molar-refractivity contribution >= 4 is 22.7 Å². The molecule has 3 aromatic rings. The first-order valence-corrected chi connectivity index (χ1v) is 8.96. The standard InChI is InChI=1S/C16H18N4OS2/c1-20(8-12-6-17-15(10-21-2)18-7-12)9-13-11-23-16(19-13)14-4-3-5-22-14/h3-7,11H,8-10H2,1-2H3. The molecule has 0 saturated heterocycles. The molecule has 5 nitrogen and oxygen atoms in total. The van der Waals surface area contributed by atoms with Crippen LogP contribution in [0.15, 0.2) is 35.3 Å². The van der Waals surface area contributed by atoms with Crippen molar-refractivity contribution in [3.05, 3.63) is 52.4 Å². The maximum atomic E-state index is 5.02. The van der Waals surface area contributed by atoms with Crippen molar-refractivity contribution in [2.24, 2.45) is 0 Å². The number of thiophene rings is 1. The zero-order chi connectivity index (χ0) is 16.1. The predicted octanol–water partition coefficient (Wildman–Crippen LogP) is 3.44. The Labute approximate surface area is 143 Å². The van der Waals surface area contributed by atoms with Gasteiger partial charge in [-0.2, -0.15) is 0 Å². The van der Waals surface area contributed by atoms with Crippen LogP contribution in [0.3, 0.4) is 0 Å². The third-order valence-electron chi connectivity index (χ3n) is 3.20. The number of aromatic nitrogens is 3. The summed E-state index contributed by atoms with van der Waals surface area (Å²) in [6.07, 6.45) is 3.71. The molecule has 3 heterocycles. The van der Waals surface area contributed by atoms with E-state index in [4.69, 9.17) is 9.72 Å². The highest BCUT2D eigenvalue weighted by Crippen LogP contribution is 2.28. The van der Waals surface area contributed by atoms with E-state index in [0.717, 1.165) is 29.4 Å². The van der Waals surface area contributed by atoms with Crippen molar-refractivity contribution < 1.29 is 4.74 Å². The van der Waals surface area contributed by atoms with Crippen LogP contribution >= 0.6 is 22.7 Å². The summed E-state index contributed by atoms with van der Waals surface area (Å²) in [5.74, 6) is 0.707. The van der Waals surface area contributed by atoms with Crippen LogP contribution in [0.5, 0.6) is 0 Å². The molecule has 23 heavy (non-hydrogen) atoms. The van der Waals surface area contributed by atoms with Gasteiger partial charge in [-0.05, 0) is 18.5 Å². The van der Waals surface area contributed by atoms with Gasteiger partial charge in [0.1, 0.15) is 11.6 Å². The van der Waals surface area contributed by atoms with Crippen molar-refractivity contribution in [2.45, 2.75) is 19.7 Å². The molecule has 0 atom stereocenters. The summed E-state index contributed by atoms with van der Waals surface area (Å²) in [7, 11) is 3.72. The summed E-state index contributed by atoms with van der Waals surface area (Å²) in [6, 6.07) is 4.16. The number of ether oxygens (including phenoxy) is 1. The minimum Gasteiger partial charge on any atom is -0.377 e. The lowest BCUT2D eigenvalue weighted by Crippen LogP contribution is -2.18. The third kappa shape index (κ3) is 4.42. The fraction of sp³-hybridized carbons (Fsp3) is 0.312. The summed E-state index contributed by atoms with van der Waals surface area (Å²) in [5, 5.41) is 5.30. The van der Waals surface area contributed by atoms with Crippen LogP contribution < -0.4 is 0 Å². The van der Waals surface area contributed by atoms with Crippen molar-refractivity contribution in [3.8, 4) is 9.88 Å². The van der Waals surface area contributed by atoms with E-state index < -0.39 is 0 Å². The van der Waals surface area contributed by atoms with Gasteiger partial charge >= 0.3 is 0 Å². The molecular formula is C16H18N4OS2. The van der Waals surface area contributed by atoms with Gasteiger partial charge in [0.05, 0.1) is 10.6 Å². The average molecular weight is 346 g/mol. The van der Waals surface area contributed by atoms with E-state index in [1.807, 2.05) is 12.4 Å². The summed E-state index contributed by atoms with van der Waals surface area (Å²) in [4.78, 5) is 16.7. The molecule has 3 rings (SSSR count). The minimum atomic E-state index is 0.445. The second-order valence-corrected chi connectivity index (χ2v) is 7.04. The first-order chi connectivity index (χ1) is 11.2. The van der Waals surface area contributed by atoms with Crippen LogP contribution in [0, 0.1) is 0 Å². The van der Waals surface area contributed by atoms with Gasteiger partial charge in [-0.1, -0.05) is 6.07 Å². The Morgan fingerprint density at radius 1 is 1.17 bits per heavy atom. The Morgan fingerprint density at radius 2 is 2.00 bits per heavy atom. The molecule has 0 aliphatic rings. The molecule has 0 aromatic carbocycles. The number of hydrogen-bond donors (Lipinski definition) is 0. The van der Waals surface area contributed by atoms with Gasteiger partial charge in [-0.15, -0.1) is 22.7 Å². The van der Waals surface area contributed by atoms with Crippen molar-refractivity contribution in [1.82, 2.24) is 19.9 Å². The highest BCUT2D eigenvalue weighted by atomic mass is 32.1. The lowest BCUT2D eigenvalue weighted by atomic mass is 10.3. The quantitative estimate of drug-likeness (QED) is 0.656. The predicted molar refractivity (Wildman–Crippen MR) is 93.3 cm³/mol. The molecule has 3 aromatic heterocycles. The number of methoxy groups -OCH3 is 1. The number of rotatable bonds is 7. The Morgan fingerprint density at radius 3 is 2.70 bits per heavy atom. The molecule has 120 valence electrons. The molecule has 0 N–H and O–H groups in total. The first-order valence-electron chi connectivity index (χ1n) is 7.20. The third-order valence-corrected chi connectivity index (χ3v) is 5.13. The molecular weight excluding hydrogens is 328 g/mol. The Balaban J connectivity index is 1.57. The smallest absolute Gasteiger partial charge is 0.153 e. The molecule has 0 unspecified atom stereocenters. The fourth-order valence-corrected chi connectivity index (χ4v) is 3.83. The lowest BCUT2D eigenvalue weighted by molar-refractivity contribution is 0.177. The van der Waals surface area contributed by atoms with E-state index in [1.54, 1.807) is 29.8 Å². The number of thiazole rings is 1. The molecule has 0 spiro atoms. The maximum absolute atomic E-state index is 5.02. The van der Waals surface area contributed by atoms with Gasteiger partial charge in [0, 0.05) is 43.5 Å². The zero-order valence-corrected chi connectivity index (χ0v) is 14.7. The molecule has 0 bridgehead atoms. The molecule has 0 saturated carbocycles. The van der Waals surface area contributed by atoms with Crippen LogP contribution in [-0.4, -0.2) is 34.0 Å². The fourth-order valence-electron chi connectivity index (χ4n) is 2.20. The topological polar surface area (TPSA) is 51.1 Å². The van der Waals surface area contributed by atoms with Crippen LogP contribution in [0.25, 0.3) is 9.88 Å². The van der Waals surface area contributed by atoms with E-state index in [9.17, 15) is 0 Å². The highest BCUT2D eigenvalue weighted by Gasteiger charge is 2.09.